The first-order chi connectivity index (χ1) is 11.7. The Labute approximate surface area is 139 Å². The summed E-state index contributed by atoms with van der Waals surface area (Å²) in [5.41, 5.74) is 1.90. The lowest BCUT2D eigenvalue weighted by molar-refractivity contribution is 0.196. The Kier molecular flexibility index (Phi) is 4.76. The highest BCUT2D eigenvalue weighted by molar-refractivity contribution is 5.77. The number of aryl methyl sites for hydroxylation is 1. The number of benzene rings is 1. The molecule has 0 aliphatic rings. The van der Waals surface area contributed by atoms with E-state index >= 15 is 0 Å². The first-order valence-corrected chi connectivity index (χ1v) is 7.50. The maximum Gasteiger partial charge on any atom is 0.234 e. The zero-order chi connectivity index (χ0) is 16.9. The molecule has 0 radical (unpaired) electrons. The molecule has 2 heterocycles. The van der Waals surface area contributed by atoms with Crippen LogP contribution in [0.3, 0.4) is 0 Å². The standard InChI is InChI=1S/C16H19N5O3/c1-21-13-4-3-11(23-2)7-12(13)19-15(21)9-18-14-8-17-10-16(20-14)24-6-5-22/h3-4,7-8,10,22H,5-6,9H2,1-2H3,(H,18,20). The van der Waals surface area contributed by atoms with Gasteiger partial charge >= 0.3 is 0 Å². The van der Waals surface area contributed by atoms with Crippen molar-refractivity contribution in [2.75, 3.05) is 25.6 Å². The van der Waals surface area contributed by atoms with Crippen LogP contribution in [0.15, 0.2) is 30.6 Å². The molecule has 3 rings (SSSR count). The monoisotopic (exact) mass is 329 g/mol. The molecule has 8 heteroatoms. The Morgan fingerprint density at radius 3 is 2.92 bits per heavy atom. The van der Waals surface area contributed by atoms with E-state index in [0.717, 1.165) is 22.6 Å². The van der Waals surface area contributed by atoms with E-state index in [9.17, 15) is 0 Å². The molecule has 0 fully saturated rings. The van der Waals surface area contributed by atoms with Crippen LogP contribution in [-0.4, -0.2) is 44.9 Å². The predicted octanol–water partition coefficient (Wildman–Crippen LogP) is 1.36. The van der Waals surface area contributed by atoms with Crippen LogP contribution in [0.1, 0.15) is 5.82 Å². The first kappa shape index (κ1) is 16.0. The SMILES string of the molecule is COc1ccc2c(c1)nc(CNc1cncc(OCCO)n1)n2C. The molecular weight excluding hydrogens is 310 g/mol. The molecule has 0 bridgehead atoms. The van der Waals surface area contributed by atoms with E-state index in [4.69, 9.17) is 14.6 Å². The normalized spacial score (nSPS) is 10.8. The van der Waals surface area contributed by atoms with E-state index in [1.54, 1.807) is 13.3 Å². The van der Waals surface area contributed by atoms with Gasteiger partial charge in [0.05, 0.1) is 43.7 Å². The summed E-state index contributed by atoms with van der Waals surface area (Å²) in [4.78, 5) is 13.0. The van der Waals surface area contributed by atoms with Crippen molar-refractivity contribution in [2.24, 2.45) is 7.05 Å². The average Bonchev–Trinajstić information content (AvgIpc) is 2.93. The minimum Gasteiger partial charge on any atom is -0.497 e. The Morgan fingerprint density at radius 1 is 1.25 bits per heavy atom. The third kappa shape index (κ3) is 3.38. The van der Waals surface area contributed by atoms with Gasteiger partial charge in [-0.3, -0.25) is 4.98 Å². The highest BCUT2D eigenvalue weighted by atomic mass is 16.5. The lowest BCUT2D eigenvalue weighted by Gasteiger charge is -2.07. The summed E-state index contributed by atoms with van der Waals surface area (Å²) < 4.78 is 12.5. The number of nitrogens with zero attached hydrogens (tertiary/aromatic N) is 4. The molecule has 0 atom stereocenters. The molecule has 2 N–H and O–H groups in total. The van der Waals surface area contributed by atoms with E-state index in [-0.39, 0.29) is 13.2 Å². The second kappa shape index (κ2) is 7.14. The average molecular weight is 329 g/mol. The lowest BCUT2D eigenvalue weighted by atomic mass is 10.3. The van der Waals surface area contributed by atoms with E-state index in [1.807, 2.05) is 29.8 Å². The molecule has 0 spiro atoms. The maximum atomic E-state index is 8.78. The fourth-order valence-electron chi connectivity index (χ4n) is 2.34. The van der Waals surface area contributed by atoms with Gasteiger partial charge in [0.1, 0.15) is 24.0 Å². The Morgan fingerprint density at radius 2 is 2.12 bits per heavy atom. The fourth-order valence-corrected chi connectivity index (χ4v) is 2.34. The molecule has 24 heavy (non-hydrogen) atoms. The summed E-state index contributed by atoms with van der Waals surface area (Å²) in [5.74, 6) is 2.58. The molecule has 0 aliphatic heterocycles. The highest BCUT2D eigenvalue weighted by Gasteiger charge is 2.09. The number of aliphatic hydroxyl groups excluding tert-OH is 1. The Hall–Kier alpha value is -2.87. The number of aromatic nitrogens is 4. The van der Waals surface area contributed by atoms with Crippen molar-refractivity contribution in [2.45, 2.75) is 6.54 Å². The van der Waals surface area contributed by atoms with Gasteiger partial charge < -0.3 is 24.5 Å². The van der Waals surface area contributed by atoms with Crippen LogP contribution in [0, 0.1) is 0 Å². The minimum atomic E-state index is -0.0668. The van der Waals surface area contributed by atoms with Crippen LogP contribution in [0.2, 0.25) is 0 Å². The Bertz CT molecular complexity index is 834. The quantitative estimate of drug-likeness (QED) is 0.676. The molecule has 126 valence electrons. The van der Waals surface area contributed by atoms with E-state index in [1.165, 1.54) is 6.20 Å². The van der Waals surface area contributed by atoms with Crippen LogP contribution in [0.4, 0.5) is 5.82 Å². The number of ether oxygens (including phenoxy) is 2. The highest BCUT2D eigenvalue weighted by Crippen LogP contribution is 2.21. The van der Waals surface area contributed by atoms with Crippen LogP contribution >= 0.6 is 0 Å². The van der Waals surface area contributed by atoms with Crippen molar-refractivity contribution in [1.82, 2.24) is 19.5 Å². The van der Waals surface area contributed by atoms with Gasteiger partial charge in [-0.2, -0.15) is 4.98 Å². The Balaban J connectivity index is 1.74. The van der Waals surface area contributed by atoms with Crippen molar-refractivity contribution in [3.63, 3.8) is 0 Å². The third-order valence-corrected chi connectivity index (χ3v) is 3.56. The van der Waals surface area contributed by atoms with Crippen molar-refractivity contribution >= 4 is 16.9 Å². The second-order valence-electron chi connectivity index (χ2n) is 5.11. The summed E-state index contributed by atoms with van der Waals surface area (Å²) in [6.07, 6.45) is 3.11. The van der Waals surface area contributed by atoms with Crippen LogP contribution in [0.25, 0.3) is 11.0 Å². The van der Waals surface area contributed by atoms with Gasteiger partial charge in [-0.15, -0.1) is 0 Å². The summed E-state index contributed by atoms with van der Waals surface area (Å²) in [6.45, 7) is 0.610. The van der Waals surface area contributed by atoms with Crippen LogP contribution < -0.4 is 14.8 Å². The zero-order valence-corrected chi connectivity index (χ0v) is 13.6. The largest absolute Gasteiger partial charge is 0.497 e. The molecule has 0 saturated heterocycles. The molecule has 3 aromatic rings. The lowest BCUT2D eigenvalue weighted by Crippen LogP contribution is -2.09. The molecule has 1 aromatic carbocycles. The van der Waals surface area contributed by atoms with E-state index < -0.39 is 0 Å². The van der Waals surface area contributed by atoms with Crippen molar-refractivity contribution in [3.05, 3.63) is 36.4 Å². The van der Waals surface area contributed by atoms with E-state index in [2.05, 4.69) is 20.3 Å². The van der Waals surface area contributed by atoms with Gasteiger partial charge in [-0.05, 0) is 12.1 Å². The van der Waals surface area contributed by atoms with Gasteiger partial charge in [0, 0.05) is 13.1 Å². The molecule has 0 aliphatic carbocycles. The third-order valence-electron chi connectivity index (χ3n) is 3.56. The number of rotatable bonds is 7. The predicted molar refractivity (Wildman–Crippen MR) is 89.2 cm³/mol. The first-order valence-electron chi connectivity index (χ1n) is 7.50. The van der Waals surface area contributed by atoms with Gasteiger partial charge in [-0.1, -0.05) is 0 Å². The zero-order valence-electron chi connectivity index (χ0n) is 13.6. The van der Waals surface area contributed by atoms with Gasteiger partial charge in [0.2, 0.25) is 5.88 Å². The summed E-state index contributed by atoms with van der Waals surface area (Å²) in [6, 6.07) is 5.80. The second-order valence-corrected chi connectivity index (χ2v) is 5.11. The molecular formula is C16H19N5O3. The number of aliphatic hydroxyl groups is 1. The van der Waals surface area contributed by atoms with Gasteiger partial charge in [0.15, 0.2) is 0 Å². The van der Waals surface area contributed by atoms with Gasteiger partial charge in [0.25, 0.3) is 0 Å². The summed E-state index contributed by atoms with van der Waals surface area (Å²) in [5, 5.41) is 12.0. The number of anilines is 1. The number of hydrogen-bond acceptors (Lipinski definition) is 7. The van der Waals surface area contributed by atoms with E-state index in [0.29, 0.717) is 18.2 Å². The van der Waals surface area contributed by atoms with Crippen molar-refractivity contribution in [3.8, 4) is 11.6 Å². The topological polar surface area (TPSA) is 94.3 Å². The molecule has 0 amide bonds. The summed E-state index contributed by atoms with van der Waals surface area (Å²) >= 11 is 0. The van der Waals surface area contributed by atoms with Crippen LogP contribution in [-0.2, 0) is 13.6 Å². The fraction of sp³-hybridized carbons (Fsp3) is 0.312. The molecule has 8 nitrogen and oxygen atoms in total. The van der Waals surface area contributed by atoms with Gasteiger partial charge in [-0.25, -0.2) is 4.98 Å². The maximum absolute atomic E-state index is 8.78. The number of hydrogen-bond donors (Lipinski definition) is 2. The van der Waals surface area contributed by atoms with Crippen molar-refractivity contribution in [1.29, 1.82) is 0 Å². The molecule has 2 aromatic heterocycles. The number of fused-ring (bicyclic) bond motifs is 1. The number of imidazole rings is 1. The molecule has 0 saturated carbocycles. The molecule has 0 unspecified atom stereocenters. The van der Waals surface area contributed by atoms with Crippen molar-refractivity contribution < 1.29 is 14.6 Å². The number of nitrogens with one attached hydrogen (secondary N) is 1. The minimum absolute atomic E-state index is 0.0668. The number of methoxy groups -OCH3 is 1. The summed E-state index contributed by atoms with van der Waals surface area (Å²) in [7, 11) is 3.60. The van der Waals surface area contributed by atoms with Crippen LogP contribution in [0.5, 0.6) is 11.6 Å². The smallest absolute Gasteiger partial charge is 0.234 e.